The van der Waals surface area contributed by atoms with Gasteiger partial charge in [0.2, 0.25) is 17.7 Å². The minimum atomic E-state index is -0.558. The Labute approximate surface area is 165 Å². The molecule has 3 rings (SSSR count). The monoisotopic (exact) mass is 397 g/mol. The zero-order valence-corrected chi connectivity index (χ0v) is 17.4. The van der Waals surface area contributed by atoms with Crippen molar-refractivity contribution in [1.82, 2.24) is 15.5 Å². The van der Waals surface area contributed by atoms with E-state index >= 15 is 0 Å². The minimum Gasteiger partial charge on any atom is -0.396 e. The van der Waals surface area contributed by atoms with Crippen molar-refractivity contribution in [2.24, 2.45) is 11.8 Å². The second-order valence-electron chi connectivity index (χ2n) is 8.47. The lowest BCUT2D eigenvalue weighted by atomic mass is 9.66. The van der Waals surface area contributed by atoms with Gasteiger partial charge in [0.15, 0.2) is 0 Å². The van der Waals surface area contributed by atoms with Gasteiger partial charge in [-0.2, -0.15) is 0 Å². The van der Waals surface area contributed by atoms with E-state index in [1.807, 2.05) is 13.8 Å². The van der Waals surface area contributed by atoms with Crippen molar-refractivity contribution in [3.63, 3.8) is 0 Å². The number of aliphatic hydroxyl groups is 1. The number of rotatable bonds is 7. The summed E-state index contributed by atoms with van der Waals surface area (Å²) in [5.41, 5.74) is 0. The fraction of sp³-hybridized carbons (Fsp3) is 0.842. The van der Waals surface area contributed by atoms with Gasteiger partial charge in [-0.15, -0.1) is 11.8 Å². The maximum Gasteiger partial charge on any atom is 0.244 e. The van der Waals surface area contributed by atoms with Crippen molar-refractivity contribution in [2.75, 3.05) is 20.2 Å². The van der Waals surface area contributed by atoms with Crippen LogP contribution in [0.2, 0.25) is 0 Å². The number of aliphatic hydroxyl groups excluding tert-OH is 1. The number of fused-ring (bicyclic) bond motifs is 1. The van der Waals surface area contributed by atoms with E-state index in [2.05, 4.69) is 17.6 Å². The summed E-state index contributed by atoms with van der Waals surface area (Å²) < 4.78 is -0.852. The molecule has 3 aliphatic rings. The Bertz CT molecular complexity index is 642. The molecule has 0 radical (unpaired) electrons. The lowest BCUT2D eigenvalue weighted by molar-refractivity contribution is -0.140. The molecular weight excluding hydrogens is 366 g/mol. The zero-order chi connectivity index (χ0) is 20.0. The molecular formula is C19H31N3O4S. The number of hydrogen-bond donors (Lipinski definition) is 3. The molecule has 3 fully saturated rings. The Kier molecular flexibility index (Phi) is 5.51. The third-order valence-corrected chi connectivity index (χ3v) is 8.28. The third-order valence-electron chi connectivity index (χ3n) is 6.29. The first-order valence-electron chi connectivity index (χ1n) is 9.85. The van der Waals surface area contributed by atoms with Crippen molar-refractivity contribution in [3.05, 3.63) is 0 Å². The van der Waals surface area contributed by atoms with E-state index in [4.69, 9.17) is 5.11 Å². The van der Waals surface area contributed by atoms with Crippen LogP contribution in [0.15, 0.2) is 0 Å². The SMILES string of the molecule is CNC(=O)[C@H]1[C@H]2C(=O)N(CCCCO)C(C(=O)NC(C)C)C23CC[C@]1(C)S3. The molecule has 7 nitrogen and oxygen atoms in total. The highest BCUT2D eigenvalue weighted by Crippen LogP contribution is 2.71. The standard InChI is InChI=1S/C19H31N3O4S/c1-11(2)21-16(25)14-19-8-7-18(3,27-19)12(15(24)20-4)13(19)17(26)22(14)9-5-6-10-23/h11-14,23H,5-10H2,1-4H3,(H,20,24)(H,21,25)/t12-,13+,14?,18+,19?/m1/s1. The Morgan fingerprint density at radius 1 is 1.30 bits per heavy atom. The number of carbonyl (C=O) groups is 3. The summed E-state index contributed by atoms with van der Waals surface area (Å²) in [4.78, 5) is 41.0. The maximum atomic E-state index is 13.4. The average molecular weight is 398 g/mol. The van der Waals surface area contributed by atoms with Crippen LogP contribution in [-0.4, -0.2) is 69.5 Å². The number of unbranched alkanes of at least 4 members (excludes halogenated alkanes) is 1. The molecule has 0 aromatic rings. The van der Waals surface area contributed by atoms with E-state index in [0.29, 0.717) is 19.4 Å². The molecule has 0 saturated carbocycles. The van der Waals surface area contributed by atoms with Crippen LogP contribution in [0.3, 0.4) is 0 Å². The number of nitrogens with zero attached hydrogens (tertiary/aromatic N) is 1. The summed E-state index contributed by atoms with van der Waals surface area (Å²) in [6, 6.07) is -0.575. The first kappa shape index (κ1) is 20.5. The second-order valence-corrected chi connectivity index (χ2v) is 10.4. The lowest BCUT2D eigenvalue weighted by Crippen LogP contribution is -2.55. The van der Waals surface area contributed by atoms with Crippen LogP contribution in [0, 0.1) is 11.8 Å². The predicted octanol–water partition coefficient (Wildman–Crippen LogP) is 0.511. The smallest absolute Gasteiger partial charge is 0.244 e. The van der Waals surface area contributed by atoms with Crippen LogP contribution in [-0.2, 0) is 14.4 Å². The quantitative estimate of drug-likeness (QED) is 0.544. The van der Waals surface area contributed by atoms with Gasteiger partial charge in [0, 0.05) is 31.0 Å². The van der Waals surface area contributed by atoms with Gasteiger partial charge >= 0.3 is 0 Å². The van der Waals surface area contributed by atoms with Crippen molar-refractivity contribution >= 4 is 29.5 Å². The summed E-state index contributed by atoms with van der Waals surface area (Å²) >= 11 is 1.68. The molecule has 3 amide bonds. The van der Waals surface area contributed by atoms with Crippen molar-refractivity contribution in [1.29, 1.82) is 0 Å². The van der Waals surface area contributed by atoms with Gasteiger partial charge < -0.3 is 20.6 Å². The molecule has 0 aliphatic carbocycles. The van der Waals surface area contributed by atoms with Gasteiger partial charge in [0.05, 0.1) is 16.6 Å². The van der Waals surface area contributed by atoms with E-state index in [9.17, 15) is 14.4 Å². The normalized spacial score (nSPS) is 37.0. The molecule has 152 valence electrons. The van der Waals surface area contributed by atoms with Gasteiger partial charge in [-0.1, -0.05) is 0 Å². The average Bonchev–Trinajstić information content (AvgIpc) is 3.15. The van der Waals surface area contributed by atoms with Crippen LogP contribution in [0.4, 0.5) is 0 Å². The molecule has 3 aliphatic heterocycles. The number of amides is 3. The minimum absolute atomic E-state index is 0.0173. The van der Waals surface area contributed by atoms with Crippen LogP contribution in [0.1, 0.15) is 46.5 Å². The van der Waals surface area contributed by atoms with E-state index in [0.717, 1.165) is 12.8 Å². The van der Waals surface area contributed by atoms with Gasteiger partial charge in [-0.3, -0.25) is 14.4 Å². The van der Waals surface area contributed by atoms with Crippen LogP contribution in [0.25, 0.3) is 0 Å². The van der Waals surface area contributed by atoms with Gasteiger partial charge in [-0.25, -0.2) is 0 Å². The fourth-order valence-corrected chi connectivity index (χ4v) is 7.64. The predicted molar refractivity (Wildman–Crippen MR) is 104 cm³/mol. The summed E-state index contributed by atoms with van der Waals surface area (Å²) in [6.45, 7) is 6.38. The Morgan fingerprint density at radius 3 is 2.59 bits per heavy atom. The van der Waals surface area contributed by atoms with E-state index in [1.54, 1.807) is 23.7 Å². The highest BCUT2D eigenvalue weighted by Gasteiger charge is 2.76. The van der Waals surface area contributed by atoms with Crippen molar-refractivity contribution < 1.29 is 19.5 Å². The third kappa shape index (κ3) is 3.05. The first-order chi connectivity index (χ1) is 12.7. The maximum absolute atomic E-state index is 13.4. The van der Waals surface area contributed by atoms with Crippen LogP contribution < -0.4 is 10.6 Å². The Balaban J connectivity index is 2.00. The largest absolute Gasteiger partial charge is 0.396 e. The Hall–Kier alpha value is -1.28. The highest BCUT2D eigenvalue weighted by atomic mass is 32.2. The van der Waals surface area contributed by atoms with E-state index in [1.165, 1.54) is 0 Å². The molecule has 0 aromatic carbocycles. The Morgan fingerprint density at radius 2 is 2.00 bits per heavy atom. The molecule has 3 heterocycles. The number of carbonyl (C=O) groups excluding carboxylic acids is 3. The highest BCUT2D eigenvalue weighted by molar-refractivity contribution is 8.02. The van der Waals surface area contributed by atoms with E-state index in [-0.39, 0.29) is 35.1 Å². The zero-order valence-electron chi connectivity index (χ0n) is 16.6. The lowest BCUT2D eigenvalue weighted by Gasteiger charge is -2.35. The molecule has 2 bridgehead atoms. The van der Waals surface area contributed by atoms with E-state index < -0.39 is 22.6 Å². The van der Waals surface area contributed by atoms with Crippen molar-refractivity contribution in [2.45, 2.75) is 68.0 Å². The number of nitrogens with one attached hydrogen (secondary N) is 2. The van der Waals surface area contributed by atoms with Crippen LogP contribution >= 0.6 is 11.8 Å². The summed E-state index contributed by atoms with van der Waals surface area (Å²) in [7, 11) is 1.61. The molecule has 2 unspecified atom stereocenters. The number of thioether (sulfide) groups is 1. The van der Waals surface area contributed by atoms with Gasteiger partial charge in [-0.05, 0) is 46.5 Å². The van der Waals surface area contributed by atoms with Crippen LogP contribution in [0.5, 0.6) is 0 Å². The van der Waals surface area contributed by atoms with Crippen molar-refractivity contribution in [3.8, 4) is 0 Å². The number of hydrogen-bond acceptors (Lipinski definition) is 5. The van der Waals surface area contributed by atoms with Gasteiger partial charge in [0.1, 0.15) is 6.04 Å². The molecule has 1 spiro atoms. The summed E-state index contributed by atoms with van der Waals surface area (Å²) in [6.07, 6.45) is 2.83. The van der Waals surface area contributed by atoms with Gasteiger partial charge in [0.25, 0.3) is 0 Å². The molecule has 3 saturated heterocycles. The molecule has 5 atom stereocenters. The second kappa shape index (κ2) is 7.28. The summed E-state index contributed by atoms with van der Waals surface area (Å²) in [5, 5.41) is 14.8. The number of likely N-dealkylation sites (tertiary alicyclic amines) is 1. The fourth-order valence-electron chi connectivity index (χ4n) is 5.28. The molecule has 0 aromatic heterocycles. The topological polar surface area (TPSA) is 98.7 Å². The molecule has 8 heteroatoms. The summed E-state index contributed by atoms with van der Waals surface area (Å²) in [5.74, 6) is -1.19. The molecule has 3 N–H and O–H groups in total. The first-order valence-corrected chi connectivity index (χ1v) is 10.7. The molecule has 27 heavy (non-hydrogen) atoms.